The van der Waals surface area contributed by atoms with Crippen molar-refractivity contribution in [3.8, 4) is 11.1 Å². The number of benzene rings is 3. The molecular formula is C32H30N2O3. The monoisotopic (exact) mass is 490 g/mol. The maximum Gasteiger partial charge on any atom is 0.337 e. The van der Waals surface area contributed by atoms with Crippen LogP contribution in [0.4, 0.5) is 0 Å². The number of ether oxygens (including phenoxy) is 1. The molecule has 6 rings (SSSR count). The summed E-state index contributed by atoms with van der Waals surface area (Å²) in [6.07, 6.45) is 9.56. The molecule has 0 bridgehead atoms. The summed E-state index contributed by atoms with van der Waals surface area (Å²) < 4.78 is 8.89. The smallest absolute Gasteiger partial charge is 0.337 e. The fourth-order valence-corrected chi connectivity index (χ4v) is 5.61. The van der Waals surface area contributed by atoms with E-state index in [0.29, 0.717) is 12.1 Å². The highest BCUT2D eigenvalue weighted by Gasteiger charge is 2.23. The highest BCUT2D eigenvalue weighted by Crippen LogP contribution is 2.31. The second-order valence-electron chi connectivity index (χ2n) is 10.0. The van der Waals surface area contributed by atoms with Gasteiger partial charge in [-0.3, -0.25) is 9.36 Å². The number of aromatic nitrogens is 2. The summed E-state index contributed by atoms with van der Waals surface area (Å²) in [7, 11) is 1.39. The van der Waals surface area contributed by atoms with E-state index in [-0.39, 0.29) is 17.8 Å². The lowest BCUT2D eigenvalue weighted by atomic mass is 9.88. The third-order valence-electron chi connectivity index (χ3n) is 7.72. The predicted octanol–water partition coefficient (Wildman–Crippen LogP) is 7.32. The highest BCUT2D eigenvalue weighted by atomic mass is 16.5. The Hall–Kier alpha value is -4.12. The Morgan fingerprint density at radius 1 is 0.784 bits per heavy atom. The molecule has 2 heterocycles. The molecule has 186 valence electrons. The zero-order valence-electron chi connectivity index (χ0n) is 21.0. The van der Waals surface area contributed by atoms with Crippen molar-refractivity contribution in [3.05, 3.63) is 96.3 Å². The van der Waals surface area contributed by atoms with E-state index < -0.39 is 0 Å². The van der Waals surface area contributed by atoms with Crippen LogP contribution in [0.5, 0.6) is 0 Å². The Labute approximate surface area is 216 Å². The van der Waals surface area contributed by atoms with Gasteiger partial charge in [-0.05, 0) is 71.3 Å². The van der Waals surface area contributed by atoms with Crippen molar-refractivity contribution >= 4 is 33.7 Å². The lowest BCUT2D eigenvalue weighted by Gasteiger charge is -2.21. The minimum Gasteiger partial charge on any atom is -0.465 e. The third kappa shape index (κ3) is 4.46. The summed E-state index contributed by atoms with van der Waals surface area (Å²) >= 11 is 0. The van der Waals surface area contributed by atoms with Crippen LogP contribution in [0.1, 0.15) is 52.8 Å². The Kier molecular flexibility index (Phi) is 6.13. The third-order valence-corrected chi connectivity index (χ3v) is 7.72. The number of hydrogen-bond acceptors (Lipinski definition) is 3. The topological polar surface area (TPSA) is 53.2 Å². The summed E-state index contributed by atoms with van der Waals surface area (Å²) in [5.41, 5.74) is 6.00. The molecule has 0 radical (unpaired) electrons. The summed E-state index contributed by atoms with van der Waals surface area (Å²) in [5, 5.41) is 2.26. The first-order valence-electron chi connectivity index (χ1n) is 13.0. The molecule has 5 aromatic rings. The van der Waals surface area contributed by atoms with Crippen LogP contribution in [-0.4, -0.2) is 28.1 Å². The Morgan fingerprint density at radius 2 is 1.43 bits per heavy atom. The summed E-state index contributed by atoms with van der Waals surface area (Å²) in [4.78, 5) is 25.0. The van der Waals surface area contributed by atoms with Gasteiger partial charge in [0, 0.05) is 35.8 Å². The second kappa shape index (κ2) is 9.74. The molecule has 0 saturated heterocycles. The van der Waals surface area contributed by atoms with Crippen molar-refractivity contribution in [1.29, 1.82) is 0 Å². The van der Waals surface area contributed by atoms with Crippen LogP contribution in [0.15, 0.2) is 85.2 Å². The number of rotatable bonds is 5. The molecule has 1 fully saturated rings. The average Bonchev–Trinajstić information content (AvgIpc) is 3.56. The first-order chi connectivity index (χ1) is 18.1. The van der Waals surface area contributed by atoms with Crippen LogP contribution in [0, 0.1) is 5.92 Å². The Bertz CT molecular complexity index is 1600. The van der Waals surface area contributed by atoms with E-state index in [2.05, 4.69) is 53.2 Å². The van der Waals surface area contributed by atoms with E-state index in [1.165, 1.54) is 18.9 Å². The number of carbonyl (C=O) groups excluding carboxylic acids is 2. The molecule has 5 nitrogen and oxygen atoms in total. The van der Waals surface area contributed by atoms with Gasteiger partial charge in [-0.15, -0.1) is 0 Å². The van der Waals surface area contributed by atoms with Crippen LogP contribution >= 0.6 is 0 Å². The molecule has 0 amide bonds. The van der Waals surface area contributed by atoms with Crippen molar-refractivity contribution in [2.75, 3.05) is 7.11 Å². The van der Waals surface area contributed by atoms with E-state index in [1.807, 2.05) is 29.0 Å². The summed E-state index contributed by atoms with van der Waals surface area (Å²) in [6, 6.07) is 24.6. The molecule has 1 saturated carbocycles. The first-order valence-corrected chi connectivity index (χ1v) is 13.0. The summed E-state index contributed by atoms with van der Waals surface area (Å²) in [6.45, 7) is 0.701. The SMILES string of the molecule is COC(=O)c1ccc(Cn2ccc3ccc(-c4ccc5ccn(C(=O)C6CCCCC6)c5c4)cc32)cc1. The molecule has 1 aliphatic rings. The minimum absolute atomic E-state index is 0.134. The lowest BCUT2D eigenvalue weighted by Crippen LogP contribution is -2.23. The maximum atomic E-state index is 13.3. The maximum absolute atomic E-state index is 13.3. The van der Waals surface area contributed by atoms with Crippen LogP contribution < -0.4 is 0 Å². The normalized spacial score (nSPS) is 14.3. The lowest BCUT2D eigenvalue weighted by molar-refractivity contribution is 0.0600. The standard InChI is InChI=1S/C32H30N2O3/c1-37-32(36)26-9-7-22(8-10-26)21-33-17-15-23-11-13-27(19-29(23)33)28-14-12-24-16-18-34(30(24)20-28)31(35)25-5-3-2-4-6-25/h7-20,25H,2-6,21H2,1H3. The minimum atomic E-state index is -0.328. The van der Waals surface area contributed by atoms with Crippen molar-refractivity contribution in [2.45, 2.75) is 38.6 Å². The van der Waals surface area contributed by atoms with Gasteiger partial charge in [-0.1, -0.05) is 55.7 Å². The zero-order chi connectivity index (χ0) is 25.4. The highest BCUT2D eigenvalue weighted by molar-refractivity contribution is 5.96. The zero-order valence-corrected chi connectivity index (χ0v) is 21.0. The second-order valence-corrected chi connectivity index (χ2v) is 10.0. The van der Waals surface area contributed by atoms with Gasteiger partial charge in [0.2, 0.25) is 5.91 Å². The fraction of sp³-hybridized carbons (Fsp3) is 0.250. The molecule has 2 aromatic heterocycles. The van der Waals surface area contributed by atoms with Gasteiger partial charge >= 0.3 is 5.97 Å². The van der Waals surface area contributed by atoms with Gasteiger partial charge in [-0.25, -0.2) is 4.79 Å². The Balaban J connectivity index is 1.31. The van der Waals surface area contributed by atoms with Gasteiger partial charge in [0.1, 0.15) is 0 Å². The number of esters is 1. The molecule has 0 N–H and O–H groups in total. The van der Waals surface area contributed by atoms with Gasteiger partial charge < -0.3 is 9.30 Å². The van der Waals surface area contributed by atoms with Gasteiger partial charge in [0.15, 0.2) is 0 Å². The first kappa shape index (κ1) is 23.3. The molecule has 0 atom stereocenters. The largest absolute Gasteiger partial charge is 0.465 e. The van der Waals surface area contributed by atoms with Gasteiger partial charge in [-0.2, -0.15) is 0 Å². The van der Waals surface area contributed by atoms with E-state index in [9.17, 15) is 9.59 Å². The predicted molar refractivity (Wildman–Crippen MR) is 147 cm³/mol. The van der Waals surface area contributed by atoms with Crippen LogP contribution in [0.2, 0.25) is 0 Å². The number of carbonyl (C=O) groups is 2. The van der Waals surface area contributed by atoms with Crippen molar-refractivity contribution in [1.82, 2.24) is 9.13 Å². The van der Waals surface area contributed by atoms with Crippen LogP contribution in [-0.2, 0) is 11.3 Å². The average molecular weight is 491 g/mol. The molecule has 0 aliphatic heterocycles. The molecule has 1 aliphatic carbocycles. The summed E-state index contributed by atoms with van der Waals surface area (Å²) in [5.74, 6) is 0.0369. The van der Waals surface area contributed by atoms with Crippen molar-refractivity contribution in [2.24, 2.45) is 5.92 Å². The van der Waals surface area contributed by atoms with E-state index in [0.717, 1.165) is 58.8 Å². The molecule has 0 unspecified atom stereocenters. The number of fused-ring (bicyclic) bond motifs is 2. The number of methoxy groups -OCH3 is 1. The van der Waals surface area contributed by atoms with Gasteiger partial charge in [0.05, 0.1) is 18.2 Å². The quantitative estimate of drug-likeness (QED) is 0.243. The molecular weight excluding hydrogens is 460 g/mol. The van der Waals surface area contributed by atoms with E-state index in [4.69, 9.17) is 4.74 Å². The van der Waals surface area contributed by atoms with Crippen molar-refractivity contribution < 1.29 is 14.3 Å². The van der Waals surface area contributed by atoms with E-state index >= 15 is 0 Å². The van der Waals surface area contributed by atoms with Crippen LogP contribution in [0.25, 0.3) is 32.9 Å². The number of nitrogens with zero attached hydrogens (tertiary/aromatic N) is 2. The van der Waals surface area contributed by atoms with Crippen LogP contribution in [0.3, 0.4) is 0 Å². The molecule has 37 heavy (non-hydrogen) atoms. The van der Waals surface area contributed by atoms with Crippen molar-refractivity contribution in [3.63, 3.8) is 0 Å². The van der Waals surface area contributed by atoms with Gasteiger partial charge in [0.25, 0.3) is 0 Å². The number of hydrogen-bond donors (Lipinski definition) is 0. The van der Waals surface area contributed by atoms with E-state index in [1.54, 1.807) is 12.1 Å². The molecule has 5 heteroatoms. The molecule has 0 spiro atoms. The molecule has 3 aromatic carbocycles. The Morgan fingerprint density at radius 3 is 2.14 bits per heavy atom. The fourth-order valence-electron chi connectivity index (χ4n) is 5.61.